The number of carbonyl (C=O) groups excluding carboxylic acids is 1. The van der Waals surface area contributed by atoms with E-state index < -0.39 is 5.41 Å². The van der Waals surface area contributed by atoms with Crippen LogP contribution in [0.2, 0.25) is 0 Å². The van der Waals surface area contributed by atoms with Crippen molar-refractivity contribution in [1.82, 2.24) is 9.80 Å². The van der Waals surface area contributed by atoms with Crippen molar-refractivity contribution in [3.05, 3.63) is 0 Å². The molecule has 0 spiro atoms. The number of piperazine rings is 1. The van der Waals surface area contributed by atoms with Crippen molar-refractivity contribution in [3.63, 3.8) is 0 Å². The molecular weight excluding hydrogens is 781 g/mol. The molecule has 1 heterocycles. The third-order valence-corrected chi connectivity index (χ3v) is 13.6. The van der Waals surface area contributed by atoms with Gasteiger partial charge in [-0.15, -0.1) is 0 Å². The SMILES string of the molecule is CCCCCCCCCCCCCCOCC(COCCCCCCCCCCCCCC)(COCCCCCCCCCCCCCC)COC(=O)CCCN1CCN(C)CC1. The van der Waals surface area contributed by atoms with Gasteiger partial charge in [-0.1, -0.05) is 233 Å². The van der Waals surface area contributed by atoms with Crippen LogP contribution in [0.5, 0.6) is 0 Å². The number of hydrogen-bond acceptors (Lipinski definition) is 7. The third-order valence-electron chi connectivity index (χ3n) is 13.6. The van der Waals surface area contributed by atoms with Gasteiger partial charge in [0.25, 0.3) is 0 Å². The molecule has 0 saturated carbocycles. The van der Waals surface area contributed by atoms with E-state index in [1.165, 1.54) is 212 Å². The summed E-state index contributed by atoms with van der Waals surface area (Å²) in [6.45, 7) is 16.3. The first kappa shape index (κ1) is 60.3. The minimum absolute atomic E-state index is 0.101. The van der Waals surface area contributed by atoms with E-state index in [4.69, 9.17) is 18.9 Å². The van der Waals surface area contributed by atoms with Crippen molar-refractivity contribution in [2.24, 2.45) is 5.41 Å². The van der Waals surface area contributed by atoms with Gasteiger partial charge < -0.3 is 28.7 Å². The molecule has 0 aromatic rings. The molecule has 0 atom stereocenters. The number of carbonyl (C=O) groups is 1. The van der Waals surface area contributed by atoms with Crippen molar-refractivity contribution in [2.45, 2.75) is 265 Å². The zero-order chi connectivity index (χ0) is 45.4. The van der Waals surface area contributed by atoms with E-state index >= 15 is 0 Å². The Bertz CT molecular complexity index is 833. The molecule has 1 aliphatic rings. The molecule has 1 rings (SSSR count). The van der Waals surface area contributed by atoms with Crippen LogP contribution in [0.4, 0.5) is 0 Å². The van der Waals surface area contributed by atoms with Crippen LogP contribution in [-0.4, -0.2) is 102 Å². The van der Waals surface area contributed by atoms with E-state index in [1.807, 2.05) is 0 Å². The first-order valence-corrected chi connectivity index (χ1v) is 28.3. The highest BCUT2D eigenvalue weighted by atomic mass is 16.5. The van der Waals surface area contributed by atoms with Crippen LogP contribution in [0.3, 0.4) is 0 Å². The predicted octanol–water partition coefficient (Wildman–Crippen LogP) is 15.7. The molecule has 7 heteroatoms. The molecule has 7 nitrogen and oxygen atoms in total. The minimum atomic E-state index is -0.488. The molecule has 0 aliphatic carbocycles. The van der Waals surface area contributed by atoms with E-state index in [1.54, 1.807) is 0 Å². The second-order valence-electron chi connectivity index (χ2n) is 20.2. The third kappa shape index (κ3) is 41.2. The topological polar surface area (TPSA) is 60.5 Å². The number of ether oxygens (including phenoxy) is 4. The Morgan fingerprint density at radius 3 is 0.968 bits per heavy atom. The van der Waals surface area contributed by atoms with Gasteiger partial charge in [0.1, 0.15) is 6.61 Å². The van der Waals surface area contributed by atoms with E-state index in [0.29, 0.717) is 32.8 Å². The largest absolute Gasteiger partial charge is 0.465 e. The van der Waals surface area contributed by atoms with Crippen LogP contribution in [-0.2, 0) is 23.7 Å². The average Bonchev–Trinajstić information content (AvgIpc) is 3.29. The van der Waals surface area contributed by atoms with E-state index in [2.05, 4.69) is 37.6 Å². The highest BCUT2D eigenvalue weighted by molar-refractivity contribution is 5.69. The molecular formula is C56H112N2O5. The maximum absolute atomic E-state index is 13.2. The fraction of sp³-hybridized carbons (Fsp3) is 0.982. The summed E-state index contributed by atoms with van der Waals surface area (Å²) in [5.74, 6) is -0.101. The number of rotatable bonds is 51. The fourth-order valence-electron chi connectivity index (χ4n) is 9.08. The molecule has 0 radical (unpaired) electrons. The van der Waals surface area contributed by atoms with Crippen molar-refractivity contribution in [3.8, 4) is 0 Å². The molecule has 1 saturated heterocycles. The van der Waals surface area contributed by atoms with Crippen LogP contribution >= 0.6 is 0 Å². The summed E-state index contributed by atoms with van der Waals surface area (Å²) in [5, 5.41) is 0. The summed E-state index contributed by atoms with van der Waals surface area (Å²) in [6, 6.07) is 0. The van der Waals surface area contributed by atoms with Crippen LogP contribution < -0.4 is 0 Å². The average molecular weight is 894 g/mol. The zero-order valence-corrected chi connectivity index (χ0v) is 43.3. The van der Waals surface area contributed by atoms with Gasteiger partial charge in [-0.3, -0.25) is 4.79 Å². The number of likely N-dealkylation sites (N-methyl/N-ethyl adjacent to an activating group) is 1. The van der Waals surface area contributed by atoms with Crippen molar-refractivity contribution >= 4 is 5.97 Å². The van der Waals surface area contributed by atoms with Gasteiger partial charge in [0, 0.05) is 52.4 Å². The van der Waals surface area contributed by atoms with E-state index in [0.717, 1.165) is 78.2 Å². The van der Waals surface area contributed by atoms with Crippen LogP contribution in [0, 0.1) is 5.41 Å². The fourth-order valence-corrected chi connectivity index (χ4v) is 9.08. The van der Waals surface area contributed by atoms with Gasteiger partial charge in [-0.05, 0) is 39.3 Å². The molecule has 1 aliphatic heterocycles. The Morgan fingerprint density at radius 2 is 0.667 bits per heavy atom. The van der Waals surface area contributed by atoms with E-state index in [9.17, 15) is 4.79 Å². The standard InChI is InChI=1S/C56H112N2O5/c1-5-8-11-14-17-20-23-26-29-32-35-38-48-60-51-56(54-63-55(59)42-41-43-58-46-44-57(4)45-47-58,52-61-49-39-36-33-30-27-24-21-18-15-12-9-6-2)53-62-50-40-37-34-31-28-25-22-19-16-13-10-7-3/h5-54H2,1-4H3. The summed E-state index contributed by atoms with van der Waals surface area (Å²) >= 11 is 0. The zero-order valence-electron chi connectivity index (χ0n) is 43.3. The molecule has 0 unspecified atom stereocenters. The van der Waals surface area contributed by atoms with Gasteiger partial charge in [0.05, 0.1) is 25.2 Å². The molecule has 0 amide bonds. The number of hydrogen-bond donors (Lipinski definition) is 0. The lowest BCUT2D eigenvalue weighted by atomic mass is 9.92. The first-order chi connectivity index (χ1) is 31.0. The summed E-state index contributed by atoms with van der Waals surface area (Å²) in [5.41, 5.74) is -0.488. The Kier molecular flexibility index (Phi) is 45.7. The summed E-state index contributed by atoms with van der Waals surface area (Å²) in [4.78, 5) is 18.1. The van der Waals surface area contributed by atoms with Crippen molar-refractivity contribution < 1.29 is 23.7 Å². The highest BCUT2D eigenvalue weighted by Gasteiger charge is 2.34. The lowest BCUT2D eigenvalue weighted by Gasteiger charge is -2.33. The minimum Gasteiger partial charge on any atom is -0.465 e. The van der Waals surface area contributed by atoms with Gasteiger partial charge in [-0.25, -0.2) is 0 Å². The maximum Gasteiger partial charge on any atom is 0.305 e. The normalized spacial score (nSPS) is 14.0. The van der Waals surface area contributed by atoms with Crippen LogP contribution in [0.1, 0.15) is 265 Å². The Morgan fingerprint density at radius 1 is 0.381 bits per heavy atom. The summed E-state index contributed by atoms with van der Waals surface area (Å²) in [6.07, 6.45) is 49.4. The first-order valence-electron chi connectivity index (χ1n) is 28.3. The van der Waals surface area contributed by atoms with Gasteiger partial charge in [0.15, 0.2) is 0 Å². The number of nitrogens with zero attached hydrogens (tertiary/aromatic N) is 2. The molecule has 1 fully saturated rings. The summed E-state index contributed by atoms with van der Waals surface area (Å²) < 4.78 is 25.5. The van der Waals surface area contributed by atoms with Crippen LogP contribution in [0.25, 0.3) is 0 Å². The Hall–Kier alpha value is -0.730. The van der Waals surface area contributed by atoms with Gasteiger partial charge in [0.2, 0.25) is 0 Å². The second kappa shape index (κ2) is 47.8. The van der Waals surface area contributed by atoms with E-state index in [-0.39, 0.29) is 5.97 Å². The number of esters is 1. The lowest BCUT2D eigenvalue weighted by molar-refractivity contribution is -0.156. The smallest absolute Gasteiger partial charge is 0.305 e. The number of unbranched alkanes of at least 4 members (excludes halogenated alkanes) is 33. The van der Waals surface area contributed by atoms with Crippen LogP contribution in [0.15, 0.2) is 0 Å². The molecule has 376 valence electrons. The molecule has 0 bridgehead atoms. The molecule has 63 heavy (non-hydrogen) atoms. The van der Waals surface area contributed by atoms with Crippen molar-refractivity contribution in [1.29, 1.82) is 0 Å². The second-order valence-corrected chi connectivity index (χ2v) is 20.2. The molecule has 0 N–H and O–H groups in total. The maximum atomic E-state index is 13.2. The molecule has 0 aromatic heterocycles. The highest BCUT2D eigenvalue weighted by Crippen LogP contribution is 2.23. The Labute approximate surface area is 394 Å². The predicted molar refractivity (Wildman–Crippen MR) is 272 cm³/mol. The molecule has 0 aromatic carbocycles. The van der Waals surface area contributed by atoms with Gasteiger partial charge in [-0.2, -0.15) is 0 Å². The summed E-state index contributed by atoms with van der Waals surface area (Å²) in [7, 11) is 2.19. The Balaban J connectivity index is 2.63. The monoisotopic (exact) mass is 893 g/mol. The van der Waals surface area contributed by atoms with Crippen molar-refractivity contribution in [2.75, 3.05) is 86.0 Å². The lowest BCUT2D eigenvalue weighted by Crippen LogP contribution is -2.44. The van der Waals surface area contributed by atoms with Gasteiger partial charge >= 0.3 is 5.97 Å². The quantitative estimate of drug-likeness (QED) is 0.0445.